The molecule has 1 aliphatic rings. The van der Waals surface area contributed by atoms with Crippen molar-refractivity contribution in [2.24, 2.45) is 5.92 Å². The van der Waals surface area contributed by atoms with Crippen LogP contribution in [0.2, 0.25) is 0 Å². The second-order valence-electron chi connectivity index (χ2n) is 10.3. The number of rotatable bonds is 10. The molecule has 2 heterocycles. The second-order valence-corrected chi connectivity index (χ2v) is 10.3. The largest absolute Gasteiger partial charge is 0.573 e. The van der Waals surface area contributed by atoms with Crippen LogP contribution in [0.1, 0.15) is 18.4 Å². The highest BCUT2D eigenvalue weighted by molar-refractivity contribution is 6.39. The van der Waals surface area contributed by atoms with Crippen LogP contribution in [0.4, 0.5) is 23.2 Å². The van der Waals surface area contributed by atoms with Crippen molar-refractivity contribution < 1.29 is 46.1 Å². The smallest absolute Gasteiger partial charge is 0.491 e. The van der Waals surface area contributed by atoms with Crippen LogP contribution in [0, 0.1) is 11.7 Å². The first-order valence-corrected chi connectivity index (χ1v) is 14.3. The molecule has 1 aromatic heterocycles. The first kappa shape index (κ1) is 32.3. The number of carbonyl (C=O) groups is 2. The van der Waals surface area contributed by atoms with Crippen LogP contribution in [-0.2, 0) is 16.1 Å². The average molecular weight is 643 g/mol. The number of pyridine rings is 1. The highest BCUT2D eigenvalue weighted by Gasteiger charge is 2.32. The van der Waals surface area contributed by atoms with E-state index in [1.54, 1.807) is 18.2 Å². The predicted molar refractivity (Wildman–Crippen MR) is 159 cm³/mol. The SMILES string of the molecule is COc1c(OCC2CCNCC2)ccc2c(Oc3ccc(NC(=O)C(=O)NCc4ccccc4OC(F)(F)F)cc3F)ccnc12. The number of hydrogen-bond acceptors (Lipinski definition) is 8. The molecule has 0 bridgehead atoms. The Morgan fingerprint density at radius 2 is 1.72 bits per heavy atom. The van der Waals surface area contributed by atoms with E-state index >= 15 is 4.39 Å². The molecule has 0 atom stereocenters. The highest BCUT2D eigenvalue weighted by atomic mass is 19.4. The summed E-state index contributed by atoms with van der Waals surface area (Å²) >= 11 is 0. The van der Waals surface area contributed by atoms with Gasteiger partial charge in [0.05, 0.1) is 13.7 Å². The zero-order valence-electron chi connectivity index (χ0n) is 24.6. The molecule has 1 saturated heterocycles. The number of fused-ring (bicyclic) bond motifs is 1. The van der Waals surface area contributed by atoms with Crippen molar-refractivity contribution in [2.75, 3.05) is 32.1 Å². The molecule has 0 unspecified atom stereocenters. The summed E-state index contributed by atoms with van der Waals surface area (Å²) in [5.41, 5.74) is 0.407. The number of benzene rings is 3. The minimum atomic E-state index is -4.93. The lowest BCUT2D eigenvalue weighted by Crippen LogP contribution is -2.35. The first-order valence-electron chi connectivity index (χ1n) is 14.3. The van der Waals surface area contributed by atoms with E-state index in [1.165, 1.54) is 43.6 Å². The Balaban J connectivity index is 1.23. The van der Waals surface area contributed by atoms with Gasteiger partial charge in [-0.2, -0.15) is 0 Å². The molecule has 46 heavy (non-hydrogen) atoms. The molecule has 3 aromatic carbocycles. The normalized spacial score (nSPS) is 13.6. The molecule has 0 spiro atoms. The summed E-state index contributed by atoms with van der Waals surface area (Å²) in [6.45, 7) is 2.02. The maximum absolute atomic E-state index is 15.1. The number of methoxy groups -OCH3 is 1. The molecular formula is C32H30F4N4O6. The monoisotopic (exact) mass is 642 g/mol. The van der Waals surface area contributed by atoms with Crippen LogP contribution in [0.3, 0.4) is 0 Å². The van der Waals surface area contributed by atoms with Gasteiger partial charge in [-0.15, -0.1) is 13.2 Å². The minimum Gasteiger partial charge on any atom is -0.491 e. The van der Waals surface area contributed by atoms with Gasteiger partial charge in [0.15, 0.2) is 23.1 Å². The number of hydrogen-bond donors (Lipinski definition) is 3. The molecule has 1 aliphatic heterocycles. The fourth-order valence-electron chi connectivity index (χ4n) is 4.90. The van der Waals surface area contributed by atoms with E-state index in [9.17, 15) is 22.8 Å². The summed E-state index contributed by atoms with van der Waals surface area (Å²) in [5.74, 6) is -2.16. The van der Waals surface area contributed by atoms with Crippen LogP contribution in [-0.4, -0.2) is 50.0 Å². The van der Waals surface area contributed by atoms with Crippen molar-refractivity contribution in [3.05, 3.63) is 78.2 Å². The zero-order valence-corrected chi connectivity index (χ0v) is 24.6. The number of para-hydroxylation sites is 1. The van der Waals surface area contributed by atoms with Crippen LogP contribution >= 0.6 is 0 Å². The van der Waals surface area contributed by atoms with Gasteiger partial charge in [0, 0.05) is 35.4 Å². The van der Waals surface area contributed by atoms with Crippen LogP contribution in [0.5, 0.6) is 28.7 Å². The van der Waals surface area contributed by atoms with E-state index in [0.29, 0.717) is 34.9 Å². The van der Waals surface area contributed by atoms with E-state index < -0.39 is 36.3 Å². The molecular weight excluding hydrogens is 612 g/mol. The quantitative estimate of drug-likeness (QED) is 0.149. The molecule has 242 valence electrons. The number of halogens is 4. The summed E-state index contributed by atoms with van der Waals surface area (Å²) in [6.07, 6.45) is -1.39. The average Bonchev–Trinajstić information content (AvgIpc) is 3.04. The minimum absolute atomic E-state index is 0.00394. The maximum atomic E-state index is 15.1. The number of nitrogens with one attached hydrogen (secondary N) is 3. The first-order chi connectivity index (χ1) is 22.1. The van der Waals surface area contributed by atoms with E-state index in [1.807, 2.05) is 0 Å². The molecule has 4 aromatic rings. The van der Waals surface area contributed by atoms with Crippen LogP contribution < -0.4 is 34.9 Å². The van der Waals surface area contributed by atoms with E-state index in [-0.39, 0.29) is 22.7 Å². The summed E-state index contributed by atoms with van der Waals surface area (Å²) in [7, 11) is 1.51. The van der Waals surface area contributed by atoms with Gasteiger partial charge in [-0.3, -0.25) is 14.6 Å². The lowest BCUT2D eigenvalue weighted by molar-refractivity contribution is -0.274. The molecule has 0 aliphatic carbocycles. The molecule has 2 amide bonds. The Hall–Kier alpha value is -5.11. The Kier molecular flexibility index (Phi) is 10.1. The molecule has 0 saturated carbocycles. The molecule has 1 fully saturated rings. The number of anilines is 1. The molecule has 0 radical (unpaired) electrons. The Morgan fingerprint density at radius 1 is 0.957 bits per heavy atom. The van der Waals surface area contributed by atoms with Gasteiger partial charge < -0.3 is 34.9 Å². The Labute approximate surface area is 261 Å². The van der Waals surface area contributed by atoms with Gasteiger partial charge in [-0.25, -0.2) is 4.39 Å². The van der Waals surface area contributed by atoms with Crippen molar-refractivity contribution in [2.45, 2.75) is 25.7 Å². The van der Waals surface area contributed by atoms with Gasteiger partial charge in [0.25, 0.3) is 0 Å². The summed E-state index contributed by atoms with van der Waals surface area (Å²) in [5, 5.41) is 8.33. The topological polar surface area (TPSA) is 120 Å². The van der Waals surface area contributed by atoms with Crippen molar-refractivity contribution in [1.29, 1.82) is 0 Å². The van der Waals surface area contributed by atoms with Crippen molar-refractivity contribution in [3.8, 4) is 28.7 Å². The second kappa shape index (κ2) is 14.3. The van der Waals surface area contributed by atoms with E-state index in [0.717, 1.165) is 38.1 Å². The lowest BCUT2D eigenvalue weighted by atomic mass is 9.99. The van der Waals surface area contributed by atoms with Gasteiger partial charge in [0.1, 0.15) is 17.0 Å². The summed E-state index contributed by atoms with van der Waals surface area (Å²) < 4.78 is 74.5. The lowest BCUT2D eigenvalue weighted by Gasteiger charge is -2.23. The van der Waals surface area contributed by atoms with Gasteiger partial charge in [0.2, 0.25) is 0 Å². The van der Waals surface area contributed by atoms with Crippen LogP contribution in [0.25, 0.3) is 10.9 Å². The number of piperidine rings is 1. The third-order valence-corrected chi connectivity index (χ3v) is 7.18. The van der Waals surface area contributed by atoms with E-state index in [2.05, 4.69) is 25.7 Å². The maximum Gasteiger partial charge on any atom is 0.573 e. The Bertz CT molecular complexity index is 1710. The Morgan fingerprint density at radius 3 is 2.46 bits per heavy atom. The number of aromatic nitrogens is 1. The fourth-order valence-corrected chi connectivity index (χ4v) is 4.90. The van der Waals surface area contributed by atoms with Crippen LogP contribution in [0.15, 0.2) is 66.9 Å². The number of amides is 2. The standard InChI is InChI=1S/C32H30F4N4O6/c1-43-29-27(44-18-19-10-13-37-14-11-19)9-7-22-25(12-15-38-28(22)29)45-26-8-6-21(16-23(26)33)40-31(42)30(41)39-17-20-4-2-3-5-24(20)46-32(34,35)36/h2-9,12,15-16,19,37H,10-11,13-14,17-18H2,1H3,(H,39,41)(H,40,42). The summed E-state index contributed by atoms with van der Waals surface area (Å²) in [4.78, 5) is 29.1. The predicted octanol–water partition coefficient (Wildman–Crippen LogP) is 5.71. The van der Waals surface area contributed by atoms with Gasteiger partial charge >= 0.3 is 18.2 Å². The number of alkyl halides is 3. The molecule has 14 heteroatoms. The van der Waals surface area contributed by atoms with E-state index in [4.69, 9.17) is 14.2 Å². The third-order valence-electron chi connectivity index (χ3n) is 7.18. The van der Waals surface area contributed by atoms with Gasteiger partial charge in [-0.1, -0.05) is 18.2 Å². The molecule has 10 nitrogen and oxygen atoms in total. The number of carbonyl (C=O) groups excluding carboxylic acids is 2. The fraction of sp³-hybridized carbons (Fsp3) is 0.281. The molecule has 3 N–H and O–H groups in total. The third kappa shape index (κ3) is 8.13. The number of nitrogens with zero attached hydrogens (tertiary/aromatic N) is 1. The van der Waals surface area contributed by atoms with Crippen molar-refractivity contribution >= 4 is 28.4 Å². The van der Waals surface area contributed by atoms with Gasteiger partial charge in [-0.05, 0) is 68.2 Å². The zero-order chi connectivity index (χ0) is 32.7. The summed E-state index contributed by atoms with van der Waals surface area (Å²) in [6, 6.07) is 13.8. The van der Waals surface area contributed by atoms with Crippen molar-refractivity contribution in [3.63, 3.8) is 0 Å². The molecule has 5 rings (SSSR count). The highest BCUT2D eigenvalue weighted by Crippen LogP contribution is 2.40. The van der Waals surface area contributed by atoms with Crippen molar-refractivity contribution in [1.82, 2.24) is 15.6 Å². The number of ether oxygens (including phenoxy) is 4.